The van der Waals surface area contributed by atoms with E-state index in [1.54, 1.807) is 0 Å². The Morgan fingerprint density at radius 2 is 1.88 bits per heavy atom. The lowest BCUT2D eigenvalue weighted by atomic mass is 10.0. The first-order valence-electron chi connectivity index (χ1n) is 4.20. The maximum Gasteiger partial charge on any atom is 0.416 e. The smallest absolute Gasteiger partial charge is 0.394 e. The van der Waals surface area contributed by atoms with Crippen LogP contribution in [0.15, 0.2) is 12.1 Å². The lowest BCUT2D eigenvalue weighted by Crippen LogP contribution is -2.18. The normalized spacial score (nSPS) is 13.1. The molecule has 17 heavy (non-hydrogen) atoms. The number of rotatable bonds is 2. The molecule has 2 nitrogen and oxygen atoms in total. The van der Waals surface area contributed by atoms with Crippen LogP contribution in [0.25, 0.3) is 0 Å². The van der Waals surface area contributed by atoms with E-state index < -0.39 is 40.8 Å². The molecule has 0 aromatic heterocycles. The number of benzene rings is 1. The summed E-state index contributed by atoms with van der Waals surface area (Å²) >= 11 is 5.31. The van der Waals surface area contributed by atoms with Crippen molar-refractivity contribution < 1.29 is 22.7 Å². The van der Waals surface area contributed by atoms with Gasteiger partial charge in [0.25, 0.3) is 0 Å². The van der Waals surface area contributed by atoms with E-state index in [2.05, 4.69) is 0 Å². The first-order chi connectivity index (χ1) is 7.27. The third-order valence-corrected chi connectivity index (χ3v) is 2.25. The highest BCUT2D eigenvalue weighted by Gasteiger charge is 2.32. The summed E-state index contributed by atoms with van der Waals surface area (Å²) in [6.07, 6.45) is -4.64. The van der Waals surface area contributed by atoms with Crippen LogP contribution in [0.3, 0.4) is 0 Å². The SMILES string of the molecule is Cl.N[C@H](CO)c1cc(C(F)(F)F)cc(Cl)c1F. The van der Waals surface area contributed by atoms with Crippen LogP contribution >= 0.6 is 24.0 Å². The molecule has 0 fully saturated rings. The lowest BCUT2D eigenvalue weighted by Gasteiger charge is -2.14. The van der Waals surface area contributed by atoms with Gasteiger partial charge in [-0.15, -0.1) is 12.4 Å². The maximum absolute atomic E-state index is 13.3. The number of hydrogen-bond acceptors (Lipinski definition) is 2. The number of aliphatic hydroxyl groups excluding tert-OH is 1. The van der Waals surface area contributed by atoms with Gasteiger partial charge in [0.15, 0.2) is 0 Å². The fourth-order valence-corrected chi connectivity index (χ4v) is 1.37. The highest BCUT2D eigenvalue weighted by Crippen LogP contribution is 2.34. The summed E-state index contributed by atoms with van der Waals surface area (Å²) in [5.74, 6) is -1.05. The Morgan fingerprint density at radius 1 is 1.35 bits per heavy atom. The Morgan fingerprint density at radius 3 is 2.29 bits per heavy atom. The van der Waals surface area contributed by atoms with Crippen molar-refractivity contribution in [3.05, 3.63) is 34.1 Å². The van der Waals surface area contributed by atoms with Crippen LogP contribution < -0.4 is 5.73 Å². The van der Waals surface area contributed by atoms with Crippen LogP contribution in [0.2, 0.25) is 5.02 Å². The molecule has 0 spiro atoms. The number of halogens is 6. The highest BCUT2D eigenvalue weighted by atomic mass is 35.5. The van der Waals surface area contributed by atoms with Gasteiger partial charge < -0.3 is 10.8 Å². The number of alkyl halides is 3. The van der Waals surface area contributed by atoms with Crippen molar-refractivity contribution in [2.45, 2.75) is 12.2 Å². The lowest BCUT2D eigenvalue weighted by molar-refractivity contribution is -0.137. The van der Waals surface area contributed by atoms with Gasteiger partial charge in [0.05, 0.1) is 23.2 Å². The zero-order valence-electron chi connectivity index (χ0n) is 8.26. The minimum atomic E-state index is -4.64. The van der Waals surface area contributed by atoms with Gasteiger partial charge in [-0.2, -0.15) is 13.2 Å². The minimum absolute atomic E-state index is 0. The standard InChI is InChI=1S/C9H8ClF4NO.ClH/c10-6-2-4(9(12,13)14)1-5(8(6)11)7(15)3-16;/h1-2,7,16H,3,15H2;1H/t7-;/m1./s1. The molecule has 0 aliphatic rings. The van der Waals surface area contributed by atoms with Crippen molar-refractivity contribution >= 4 is 24.0 Å². The summed E-state index contributed by atoms with van der Waals surface area (Å²) < 4.78 is 50.4. The van der Waals surface area contributed by atoms with Gasteiger partial charge in [0.1, 0.15) is 5.82 Å². The van der Waals surface area contributed by atoms with Gasteiger partial charge in [-0.3, -0.25) is 0 Å². The molecule has 0 aliphatic carbocycles. The molecule has 0 saturated carbocycles. The van der Waals surface area contributed by atoms with Crippen LogP contribution in [0.4, 0.5) is 17.6 Å². The Kier molecular flexibility index (Phi) is 5.67. The van der Waals surface area contributed by atoms with Crippen molar-refractivity contribution in [2.75, 3.05) is 6.61 Å². The Balaban J connectivity index is 0.00000256. The zero-order chi connectivity index (χ0) is 12.5. The fourth-order valence-electron chi connectivity index (χ4n) is 1.14. The second-order valence-electron chi connectivity index (χ2n) is 3.15. The van der Waals surface area contributed by atoms with E-state index in [4.69, 9.17) is 22.4 Å². The van der Waals surface area contributed by atoms with Crippen LogP contribution in [-0.4, -0.2) is 11.7 Å². The summed E-state index contributed by atoms with van der Waals surface area (Å²) in [5, 5.41) is 8.01. The molecule has 1 aromatic rings. The van der Waals surface area contributed by atoms with E-state index in [-0.39, 0.29) is 12.4 Å². The van der Waals surface area contributed by atoms with Crippen molar-refractivity contribution in [3.63, 3.8) is 0 Å². The van der Waals surface area contributed by atoms with E-state index in [0.29, 0.717) is 12.1 Å². The molecule has 0 radical (unpaired) electrons. The number of nitrogens with two attached hydrogens (primary N) is 1. The predicted octanol–water partition coefficient (Wildman–Crippen LogP) is 2.91. The second-order valence-corrected chi connectivity index (χ2v) is 3.56. The van der Waals surface area contributed by atoms with Gasteiger partial charge >= 0.3 is 6.18 Å². The molecule has 8 heteroatoms. The molecule has 0 saturated heterocycles. The van der Waals surface area contributed by atoms with E-state index in [1.165, 1.54) is 0 Å². The average Bonchev–Trinajstić information content (AvgIpc) is 2.19. The molecule has 1 atom stereocenters. The molecular weight excluding hydrogens is 285 g/mol. The van der Waals surface area contributed by atoms with Crippen LogP contribution in [0.1, 0.15) is 17.2 Å². The monoisotopic (exact) mass is 293 g/mol. The van der Waals surface area contributed by atoms with E-state index in [9.17, 15) is 17.6 Å². The molecule has 98 valence electrons. The minimum Gasteiger partial charge on any atom is -0.394 e. The van der Waals surface area contributed by atoms with Crippen LogP contribution in [0.5, 0.6) is 0 Å². The summed E-state index contributed by atoms with van der Waals surface area (Å²) in [6.45, 7) is -0.672. The molecular formula is C9H9Cl2F4NO. The van der Waals surface area contributed by atoms with E-state index in [1.807, 2.05) is 0 Å². The van der Waals surface area contributed by atoms with Crippen molar-refractivity contribution in [1.29, 1.82) is 0 Å². The van der Waals surface area contributed by atoms with Gasteiger partial charge in [0, 0.05) is 5.56 Å². The van der Waals surface area contributed by atoms with Gasteiger partial charge in [0.2, 0.25) is 0 Å². The first-order valence-corrected chi connectivity index (χ1v) is 4.57. The molecule has 0 bridgehead atoms. The Hall–Kier alpha value is -0.560. The molecule has 1 rings (SSSR count). The molecule has 1 aromatic carbocycles. The third kappa shape index (κ3) is 3.70. The molecule has 0 heterocycles. The van der Waals surface area contributed by atoms with E-state index in [0.717, 1.165) is 0 Å². The summed E-state index contributed by atoms with van der Waals surface area (Å²) in [5.41, 5.74) is 3.70. The Bertz CT molecular complexity index is 397. The van der Waals surface area contributed by atoms with Crippen molar-refractivity contribution in [3.8, 4) is 0 Å². The van der Waals surface area contributed by atoms with Crippen molar-refractivity contribution in [1.82, 2.24) is 0 Å². The number of aliphatic hydroxyl groups is 1. The third-order valence-electron chi connectivity index (χ3n) is 1.98. The quantitative estimate of drug-likeness (QED) is 0.824. The van der Waals surface area contributed by atoms with E-state index >= 15 is 0 Å². The highest BCUT2D eigenvalue weighted by molar-refractivity contribution is 6.30. The molecule has 3 N–H and O–H groups in total. The molecule has 0 amide bonds. The van der Waals surface area contributed by atoms with Crippen LogP contribution in [0, 0.1) is 5.82 Å². The zero-order valence-corrected chi connectivity index (χ0v) is 9.83. The first kappa shape index (κ1) is 16.4. The van der Waals surface area contributed by atoms with Crippen LogP contribution in [-0.2, 0) is 6.18 Å². The molecule has 0 unspecified atom stereocenters. The summed E-state index contributed by atoms with van der Waals surface area (Å²) in [6, 6.07) is -0.216. The fraction of sp³-hybridized carbons (Fsp3) is 0.333. The Labute approximate surface area is 106 Å². The molecule has 0 aliphatic heterocycles. The van der Waals surface area contributed by atoms with Gasteiger partial charge in [-0.25, -0.2) is 4.39 Å². The second kappa shape index (κ2) is 5.86. The van der Waals surface area contributed by atoms with Crippen molar-refractivity contribution in [2.24, 2.45) is 5.73 Å². The van der Waals surface area contributed by atoms with Gasteiger partial charge in [-0.1, -0.05) is 11.6 Å². The number of hydrogen-bond donors (Lipinski definition) is 2. The largest absolute Gasteiger partial charge is 0.416 e. The predicted molar refractivity (Wildman–Crippen MR) is 57.7 cm³/mol. The topological polar surface area (TPSA) is 46.2 Å². The average molecular weight is 294 g/mol. The van der Waals surface area contributed by atoms with Gasteiger partial charge in [-0.05, 0) is 12.1 Å². The summed E-state index contributed by atoms with van der Waals surface area (Å²) in [7, 11) is 0. The summed E-state index contributed by atoms with van der Waals surface area (Å²) in [4.78, 5) is 0. The maximum atomic E-state index is 13.3.